The quantitative estimate of drug-likeness (QED) is 0.788. The average Bonchev–Trinajstić information content (AvgIpc) is 2.29. The van der Waals surface area contributed by atoms with Crippen molar-refractivity contribution in [1.29, 1.82) is 0 Å². The van der Waals surface area contributed by atoms with E-state index in [0.29, 0.717) is 24.5 Å². The largest absolute Gasteiger partial charge is 0.493 e. The molecule has 0 bridgehead atoms. The van der Waals surface area contributed by atoms with Gasteiger partial charge in [0.1, 0.15) is 6.61 Å². The molecule has 1 rings (SSSR count). The molecule has 0 atom stereocenters. The molecule has 0 aromatic heterocycles. The summed E-state index contributed by atoms with van der Waals surface area (Å²) in [7, 11) is -1.48. The van der Waals surface area contributed by atoms with Crippen LogP contribution in [-0.4, -0.2) is 40.7 Å². The van der Waals surface area contributed by atoms with E-state index in [1.165, 1.54) is 6.26 Å². The van der Waals surface area contributed by atoms with Crippen LogP contribution in [0, 0.1) is 0 Å². The number of ether oxygens (including phenoxy) is 2. The smallest absolute Gasteiger partial charge is 0.164 e. The Kier molecular flexibility index (Phi) is 5.43. The van der Waals surface area contributed by atoms with E-state index >= 15 is 0 Å². The highest BCUT2D eigenvalue weighted by Crippen LogP contribution is 2.31. The molecule has 0 unspecified atom stereocenters. The van der Waals surface area contributed by atoms with Crippen LogP contribution in [-0.2, 0) is 16.3 Å². The average molecular weight is 273 g/mol. The fraction of sp³-hybridized carbons (Fsp3) is 0.500. The Labute approximate surface area is 108 Å². The molecule has 2 N–H and O–H groups in total. The van der Waals surface area contributed by atoms with Crippen molar-refractivity contribution < 1.29 is 17.9 Å². The van der Waals surface area contributed by atoms with Crippen LogP contribution in [0.5, 0.6) is 11.5 Å². The summed E-state index contributed by atoms with van der Waals surface area (Å²) in [5.74, 6) is 1.15. The van der Waals surface area contributed by atoms with Crippen LogP contribution in [0.1, 0.15) is 5.56 Å². The van der Waals surface area contributed by atoms with Gasteiger partial charge in [0.15, 0.2) is 21.3 Å². The predicted molar refractivity (Wildman–Crippen MR) is 71.0 cm³/mol. The molecule has 0 saturated heterocycles. The Balaban J connectivity index is 2.83. The number of rotatable bonds is 7. The van der Waals surface area contributed by atoms with Gasteiger partial charge in [0.2, 0.25) is 0 Å². The van der Waals surface area contributed by atoms with Gasteiger partial charge in [-0.2, -0.15) is 0 Å². The summed E-state index contributed by atoms with van der Waals surface area (Å²) in [6.07, 6.45) is 1.84. The van der Waals surface area contributed by atoms with E-state index < -0.39 is 9.84 Å². The molecule has 1 aromatic rings. The van der Waals surface area contributed by atoms with Crippen molar-refractivity contribution in [3.63, 3.8) is 0 Å². The minimum absolute atomic E-state index is 0.0207. The van der Waals surface area contributed by atoms with Gasteiger partial charge in [-0.25, -0.2) is 8.42 Å². The van der Waals surface area contributed by atoms with Crippen LogP contribution < -0.4 is 15.2 Å². The molecule has 6 heteroatoms. The molecule has 102 valence electrons. The van der Waals surface area contributed by atoms with Crippen molar-refractivity contribution >= 4 is 9.84 Å². The Morgan fingerprint density at radius 1 is 1.33 bits per heavy atom. The van der Waals surface area contributed by atoms with E-state index in [2.05, 4.69) is 0 Å². The van der Waals surface area contributed by atoms with Crippen LogP contribution in [0.4, 0.5) is 0 Å². The number of benzene rings is 1. The van der Waals surface area contributed by atoms with Crippen molar-refractivity contribution in [3.8, 4) is 11.5 Å². The van der Waals surface area contributed by atoms with Gasteiger partial charge < -0.3 is 15.2 Å². The van der Waals surface area contributed by atoms with Gasteiger partial charge in [0.05, 0.1) is 12.9 Å². The zero-order valence-corrected chi connectivity index (χ0v) is 11.5. The van der Waals surface area contributed by atoms with E-state index in [9.17, 15) is 8.42 Å². The maximum atomic E-state index is 11.1. The molecule has 0 aliphatic heterocycles. The fourth-order valence-electron chi connectivity index (χ4n) is 1.53. The number of nitrogens with two attached hydrogens (primary N) is 1. The zero-order chi connectivity index (χ0) is 13.6. The van der Waals surface area contributed by atoms with E-state index in [-0.39, 0.29) is 12.4 Å². The van der Waals surface area contributed by atoms with E-state index in [4.69, 9.17) is 15.2 Å². The van der Waals surface area contributed by atoms with Gasteiger partial charge in [-0.15, -0.1) is 0 Å². The normalized spacial score (nSPS) is 11.3. The molecule has 0 aliphatic carbocycles. The first-order valence-corrected chi connectivity index (χ1v) is 7.70. The minimum Gasteiger partial charge on any atom is -0.493 e. The fourth-order valence-corrected chi connectivity index (χ4v) is 1.92. The Bertz CT molecular complexity index is 485. The lowest BCUT2D eigenvalue weighted by molar-refractivity contribution is 0.308. The third-order valence-electron chi connectivity index (χ3n) is 2.39. The second-order valence-electron chi connectivity index (χ2n) is 3.97. The number of hydrogen-bond donors (Lipinski definition) is 1. The Morgan fingerprint density at radius 2 is 2.06 bits per heavy atom. The summed E-state index contributed by atoms with van der Waals surface area (Å²) in [6, 6.07) is 5.52. The minimum atomic E-state index is -3.03. The number of methoxy groups -OCH3 is 1. The summed E-state index contributed by atoms with van der Waals surface area (Å²) in [5, 5.41) is 0. The van der Waals surface area contributed by atoms with Crippen LogP contribution in [0.15, 0.2) is 18.2 Å². The highest BCUT2D eigenvalue weighted by molar-refractivity contribution is 7.90. The van der Waals surface area contributed by atoms with Gasteiger partial charge >= 0.3 is 0 Å². The van der Waals surface area contributed by atoms with Crippen molar-refractivity contribution in [1.82, 2.24) is 0 Å². The standard InChI is InChI=1S/C12H19NO4S/c1-16-11-5-3-4-10(6-7-13)12(11)17-8-9-18(2,14)15/h3-5H,6-9,13H2,1-2H3. The highest BCUT2D eigenvalue weighted by Gasteiger charge is 2.11. The molecular weight excluding hydrogens is 254 g/mol. The molecule has 0 spiro atoms. The Morgan fingerprint density at radius 3 is 2.61 bits per heavy atom. The molecule has 0 amide bonds. The van der Waals surface area contributed by atoms with Crippen molar-refractivity contribution in [3.05, 3.63) is 23.8 Å². The molecule has 1 aromatic carbocycles. The van der Waals surface area contributed by atoms with Gasteiger partial charge in [0.25, 0.3) is 0 Å². The SMILES string of the molecule is COc1cccc(CCN)c1OCCS(C)(=O)=O. The van der Waals surface area contributed by atoms with Crippen molar-refractivity contribution in [2.75, 3.05) is 32.3 Å². The van der Waals surface area contributed by atoms with Gasteiger partial charge in [0, 0.05) is 6.26 Å². The molecule has 5 nitrogen and oxygen atoms in total. The van der Waals surface area contributed by atoms with Gasteiger partial charge in [-0.3, -0.25) is 0 Å². The lowest BCUT2D eigenvalue weighted by atomic mass is 10.1. The van der Waals surface area contributed by atoms with Crippen molar-refractivity contribution in [2.45, 2.75) is 6.42 Å². The Hall–Kier alpha value is -1.27. The lowest BCUT2D eigenvalue weighted by Gasteiger charge is -2.14. The second kappa shape index (κ2) is 6.61. The van der Waals surface area contributed by atoms with Crippen LogP contribution in [0.2, 0.25) is 0 Å². The topological polar surface area (TPSA) is 78.6 Å². The predicted octanol–water partition coefficient (Wildman–Crippen LogP) is 0.620. The molecule has 0 fully saturated rings. The lowest BCUT2D eigenvalue weighted by Crippen LogP contribution is -2.14. The maximum absolute atomic E-state index is 11.1. The molecular formula is C12H19NO4S. The summed E-state index contributed by atoms with van der Waals surface area (Å²) in [5.41, 5.74) is 6.45. The third-order valence-corrected chi connectivity index (χ3v) is 3.30. The molecule has 0 radical (unpaired) electrons. The number of sulfone groups is 1. The summed E-state index contributed by atoms with van der Waals surface area (Å²) < 4.78 is 32.8. The van der Waals surface area contributed by atoms with Crippen LogP contribution in [0.25, 0.3) is 0 Å². The van der Waals surface area contributed by atoms with E-state index in [1.807, 2.05) is 12.1 Å². The second-order valence-corrected chi connectivity index (χ2v) is 6.23. The van der Waals surface area contributed by atoms with Crippen LogP contribution in [0.3, 0.4) is 0 Å². The molecule has 18 heavy (non-hydrogen) atoms. The maximum Gasteiger partial charge on any atom is 0.164 e. The van der Waals surface area contributed by atoms with Crippen LogP contribution >= 0.6 is 0 Å². The molecule has 0 heterocycles. The first kappa shape index (κ1) is 14.8. The highest BCUT2D eigenvalue weighted by atomic mass is 32.2. The first-order valence-electron chi connectivity index (χ1n) is 5.64. The monoisotopic (exact) mass is 273 g/mol. The molecule has 0 aliphatic rings. The molecule has 0 saturated carbocycles. The van der Waals surface area contributed by atoms with Gasteiger partial charge in [-0.1, -0.05) is 12.1 Å². The van der Waals surface area contributed by atoms with Gasteiger partial charge in [-0.05, 0) is 24.6 Å². The van der Waals surface area contributed by atoms with Crippen molar-refractivity contribution in [2.24, 2.45) is 5.73 Å². The number of hydrogen-bond acceptors (Lipinski definition) is 5. The zero-order valence-electron chi connectivity index (χ0n) is 10.7. The summed E-state index contributed by atoms with van der Waals surface area (Å²) in [4.78, 5) is 0. The first-order chi connectivity index (χ1) is 8.48. The number of para-hydroxylation sites is 1. The summed E-state index contributed by atoms with van der Waals surface area (Å²) >= 11 is 0. The van der Waals surface area contributed by atoms with E-state index in [1.54, 1.807) is 13.2 Å². The third kappa shape index (κ3) is 4.54. The van der Waals surface area contributed by atoms with E-state index in [0.717, 1.165) is 5.56 Å². The summed E-state index contributed by atoms with van der Waals surface area (Å²) in [6.45, 7) is 0.604.